The zero-order valence-corrected chi connectivity index (χ0v) is 14.5. The van der Waals surface area contributed by atoms with E-state index in [4.69, 9.17) is 16.3 Å². The van der Waals surface area contributed by atoms with E-state index in [0.29, 0.717) is 49.2 Å². The van der Waals surface area contributed by atoms with Crippen LogP contribution in [0, 0.1) is 0 Å². The molecule has 0 atom stereocenters. The van der Waals surface area contributed by atoms with Crippen molar-refractivity contribution < 1.29 is 19.1 Å². The summed E-state index contributed by atoms with van der Waals surface area (Å²) in [5, 5.41) is 0.533. The number of halogens is 1. The fourth-order valence-corrected chi connectivity index (χ4v) is 2.99. The Morgan fingerprint density at radius 2 is 1.76 bits per heavy atom. The molecule has 25 heavy (non-hydrogen) atoms. The van der Waals surface area contributed by atoms with Crippen molar-refractivity contribution in [2.24, 2.45) is 0 Å². The molecule has 2 aliphatic rings. The zero-order chi connectivity index (χ0) is 18.0. The van der Waals surface area contributed by atoms with Gasteiger partial charge in [0.1, 0.15) is 5.70 Å². The fraction of sp³-hybridized carbons (Fsp3) is 0.353. The summed E-state index contributed by atoms with van der Waals surface area (Å²) in [6.07, 6.45) is 0.990. The summed E-state index contributed by atoms with van der Waals surface area (Å²) in [6.45, 7) is 3.91. The minimum absolute atomic E-state index is 0.327. The molecule has 2 aliphatic heterocycles. The lowest BCUT2D eigenvalue weighted by atomic mass is 10.2. The van der Waals surface area contributed by atoms with E-state index < -0.39 is 0 Å². The number of ether oxygens (including phenoxy) is 1. The molecular weight excluding hydrogens is 346 g/mol. The largest absolute Gasteiger partial charge is 0.450 e. The Morgan fingerprint density at radius 3 is 2.36 bits per heavy atom. The first-order valence-electron chi connectivity index (χ1n) is 8.03. The van der Waals surface area contributed by atoms with Gasteiger partial charge in [0.2, 0.25) is 0 Å². The molecule has 3 rings (SSSR count). The second kappa shape index (κ2) is 7.14. The van der Waals surface area contributed by atoms with E-state index in [9.17, 15) is 14.4 Å². The van der Waals surface area contributed by atoms with Crippen LogP contribution in [-0.4, -0.2) is 60.5 Å². The number of hydrogen-bond acceptors (Lipinski definition) is 5. The summed E-state index contributed by atoms with van der Waals surface area (Å²) in [6, 6.07) is 6.53. The Bertz CT molecular complexity index is 724. The lowest BCUT2D eigenvalue weighted by molar-refractivity contribution is -0.121. The van der Waals surface area contributed by atoms with Crippen molar-refractivity contribution >= 4 is 35.2 Å². The van der Waals surface area contributed by atoms with Crippen LogP contribution in [-0.2, 0) is 14.3 Å². The predicted octanol–water partition coefficient (Wildman–Crippen LogP) is 1.87. The van der Waals surface area contributed by atoms with E-state index in [0.717, 1.165) is 4.90 Å². The van der Waals surface area contributed by atoms with Crippen LogP contribution < -0.4 is 4.90 Å². The summed E-state index contributed by atoms with van der Waals surface area (Å²) in [5.41, 5.74) is 0.833. The molecule has 132 valence electrons. The predicted molar refractivity (Wildman–Crippen MR) is 92.2 cm³/mol. The second-order valence-electron chi connectivity index (χ2n) is 5.66. The van der Waals surface area contributed by atoms with E-state index in [1.165, 1.54) is 6.08 Å². The van der Waals surface area contributed by atoms with Crippen molar-refractivity contribution in [2.45, 2.75) is 6.92 Å². The van der Waals surface area contributed by atoms with Gasteiger partial charge in [0.15, 0.2) is 0 Å². The molecule has 0 spiro atoms. The van der Waals surface area contributed by atoms with Crippen LogP contribution in [0.5, 0.6) is 0 Å². The number of rotatable bonds is 3. The maximum atomic E-state index is 12.7. The monoisotopic (exact) mass is 363 g/mol. The summed E-state index contributed by atoms with van der Waals surface area (Å²) in [7, 11) is 0. The third-order valence-corrected chi connectivity index (χ3v) is 4.39. The zero-order valence-electron chi connectivity index (χ0n) is 13.8. The smallest absolute Gasteiger partial charge is 0.409 e. The average molecular weight is 364 g/mol. The Labute approximate surface area is 150 Å². The molecule has 0 saturated carbocycles. The molecule has 0 radical (unpaired) electrons. The number of carbonyl (C=O) groups is 3. The van der Waals surface area contributed by atoms with Crippen molar-refractivity contribution in [1.29, 1.82) is 0 Å². The molecule has 0 unspecified atom stereocenters. The van der Waals surface area contributed by atoms with Crippen LogP contribution in [0.15, 0.2) is 36.0 Å². The standard InChI is InChI=1S/C17H18ClN3O4/c1-2-25-17(24)20-9-7-19(8-10-20)14-11-15(22)21(16(14)23)13-5-3-12(18)4-6-13/h3-6,11H,2,7-10H2,1H3. The summed E-state index contributed by atoms with van der Waals surface area (Å²) < 4.78 is 4.98. The van der Waals surface area contributed by atoms with Crippen molar-refractivity contribution in [3.8, 4) is 0 Å². The number of imide groups is 1. The van der Waals surface area contributed by atoms with Gasteiger partial charge in [0, 0.05) is 37.3 Å². The third-order valence-electron chi connectivity index (χ3n) is 4.13. The molecule has 8 heteroatoms. The lowest BCUT2D eigenvalue weighted by Crippen LogP contribution is -2.49. The minimum atomic E-state index is -0.379. The molecule has 3 amide bonds. The van der Waals surface area contributed by atoms with Gasteiger partial charge >= 0.3 is 6.09 Å². The van der Waals surface area contributed by atoms with E-state index in [-0.39, 0.29) is 17.9 Å². The van der Waals surface area contributed by atoms with Gasteiger partial charge in [-0.05, 0) is 31.2 Å². The number of piperazine rings is 1. The van der Waals surface area contributed by atoms with E-state index in [1.54, 1.807) is 36.1 Å². The van der Waals surface area contributed by atoms with Crippen LogP contribution in [0.2, 0.25) is 5.02 Å². The highest BCUT2D eigenvalue weighted by atomic mass is 35.5. The highest BCUT2D eigenvalue weighted by molar-refractivity contribution is 6.32. The molecule has 2 heterocycles. The second-order valence-corrected chi connectivity index (χ2v) is 6.09. The fourth-order valence-electron chi connectivity index (χ4n) is 2.86. The van der Waals surface area contributed by atoms with E-state index >= 15 is 0 Å². The summed E-state index contributed by atoms with van der Waals surface area (Å²) >= 11 is 5.85. The van der Waals surface area contributed by atoms with Crippen LogP contribution in [0.3, 0.4) is 0 Å². The number of hydrogen-bond donors (Lipinski definition) is 0. The lowest BCUT2D eigenvalue weighted by Gasteiger charge is -2.35. The van der Waals surface area contributed by atoms with Gasteiger partial charge in [-0.1, -0.05) is 11.6 Å². The quantitative estimate of drug-likeness (QED) is 0.767. The Balaban J connectivity index is 1.67. The molecule has 7 nitrogen and oxygen atoms in total. The first-order valence-corrected chi connectivity index (χ1v) is 8.41. The molecule has 1 fully saturated rings. The third kappa shape index (κ3) is 3.46. The van der Waals surface area contributed by atoms with Crippen LogP contribution >= 0.6 is 11.6 Å². The minimum Gasteiger partial charge on any atom is -0.450 e. The Hall–Kier alpha value is -2.54. The molecule has 0 bridgehead atoms. The van der Waals surface area contributed by atoms with Crippen molar-refractivity contribution in [3.63, 3.8) is 0 Å². The number of nitrogens with zero attached hydrogens (tertiary/aromatic N) is 3. The number of benzene rings is 1. The molecule has 1 saturated heterocycles. The van der Waals surface area contributed by atoms with E-state index in [1.807, 2.05) is 4.90 Å². The summed E-state index contributed by atoms with van der Waals surface area (Å²) in [5.74, 6) is -0.743. The number of amides is 3. The number of carbonyl (C=O) groups excluding carboxylic acids is 3. The van der Waals surface area contributed by atoms with Crippen molar-refractivity contribution in [3.05, 3.63) is 41.1 Å². The van der Waals surface area contributed by atoms with Crippen molar-refractivity contribution in [2.75, 3.05) is 37.7 Å². The van der Waals surface area contributed by atoms with Crippen LogP contribution in [0.1, 0.15) is 6.92 Å². The molecular formula is C17H18ClN3O4. The first kappa shape index (κ1) is 17.3. The Morgan fingerprint density at radius 1 is 1.12 bits per heavy atom. The normalized spacial score (nSPS) is 17.8. The van der Waals surface area contributed by atoms with E-state index in [2.05, 4.69) is 0 Å². The van der Waals surface area contributed by atoms with Crippen molar-refractivity contribution in [1.82, 2.24) is 9.80 Å². The molecule has 1 aromatic carbocycles. The van der Waals surface area contributed by atoms with Gasteiger partial charge in [0.05, 0.1) is 12.3 Å². The topological polar surface area (TPSA) is 70.2 Å². The van der Waals surface area contributed by atoms with Crippen LogP contribution in [0.4, 0.5) is 10.5 Å². The molecule has 0 aliphatic carbocycles. The number of anilines is 1. The highest BCUT2D eigenvalue weighted by Gasteiger charge is 2.36. The molecule has 0 N–H and O–H groups in total. The van der Waals surface area contributed by atoms with Gasteiger partial charge < -0.3 is 14.5 Å². The van der Waals surface area contributed by atoms with Gasteiger partial charge in [0.25, 0.3) is 11.8 Å². The first-order chi connectivity index (χ1) is 12.0. The molecule has 0 aromatic heterocycles. The SMILES string of the molecule is CCOC(=O)N1CCN(C2=CC(=O)N(c3ccc(Cl)cc3)C2=O)CC1. The van der Waals surface area contributed by atoms with Crippen LogP contribution in [0.25, 0.3) is 0 Å². The maximum Gasteiger partial charge on any atom is 0.409 e. The average Bonchev–Trinajstić information content (AvgIpc) is 2.91. The Kier molecular flexibility index (Phi) is 4.94. The van der Waals surface area contributed by atoms with Gasteiger partial charge in [-0.3, -0.25) is 9.59 Å². The summed E-state index contributed by atoms with van der Waals surface area (Å²) in [4.78, 5) is 41.2. The highest BCUT2D eigenvalue weighted by Crippen LogP contribution is 2.26. The van der Waals surface area contributed by atoms with Gasteiger partial charge in [-0.15, -0.1) is 0 Å². The van der Waals surface area contributed by atoms with Gasteiger partial charge in [-0.25, -0.2) is 9.69 Å². The maximum absolute atomic E-state index is 12.7. The van der Waals surface area contributed by atoms with Gasteiger partial charge in [-0.2, -0.15) is 0 Å². The molecule has 1 aromatic rings.